The summed E-state index contributed by atoms with van der Waals surface area (Å²) in [6.45, 7) is 0. The number of halogens is 3. The number of anilines is 2. The van der Waals surface area contributed by atoms with Crippen LogP contribution >= 0.6 is 51.2 Å². The van der Waals surface area contributed by atoms with Gasteiger partial charge in [-0.25, -0.2) is 19.3 Å². The lowest BCUT2D eigenvalue weighted by Crippen LogP contribution is -2.35. The van der Waals surface area contributed by atoms with E-state index in [0.29, 0.717) is 22.7 Å². The summed E-state index contributed by atoms with van der Waals surface area (Å²) in [6, 6.07) is 5.02. The Bertz CT molecular complexity index is 1120. The van der Waals surface area contributed by atoms with Gasteiger partial charge in [-0.3, -0.25) is 15.8 Å². The summed E-state index contributed by atoms with van der Waals surface area (Å²) in [7, 11) is 2.99. The van der Waals surface area contributed by atoms with E-state index in [1.54, 1.807) is 18.2 Å². The minimum Gasteiger partial charge on any atom is -0.497 e. The number of nitrogens with one attached hydrogen (secondary N) is 2. The number of hydrogen-bond acceptors (Lipinski definition) is 11. The van der Waals surface area contributed by atoms with Crippen molar-refractivity contribution in [3.05, 3.63) is 40.5 Å². The maximum atomic E-state index is 14.1. The summed E-state index contributed by atoms with van der Waals surface area (Å²) in [4.78, 5) is 26.6. The van der Waals surface area contributed by atoms with E-state index in [-0.39, 0.29) is 41.0 Å². The van der Waals surface area contributed by atoms with E-state index >= 15 is 0 Å². The lowest BCUT2D eigenvalue weighted by atomic mass is 10.2. The molecule has 0 aliphatic heterocycles. The number of aromatic amines is 1. The van der Waals surface area contributed by atoms with Crippen LogP contribution in [0.25, 0.3) is 11.2 Å². The SMILES string of the molecule is COc1ccc(Nc2nc(C(N)(S[N+](=O)[O-])SC(F)(Cl)Br)nc3nc[nH]c23)c(OC)c1. The lowest BCUT2D eigenvalue weighted by Gasteiger charge is -2.24. The highest BCUT2D eigenvalue weighted by Gasteiger charge is 2.48. The molecule has 3 rings (SSSR count). The Hall–Kier alpha value is -2.07. The van der Waals surface area contributed by atoms with Crippen LogP contribution in [0.15, 0.2) is 24.5 Å². The molecule has 2 aromatic heterocycles. The summed E-state index contributed by atoms with van der Waals surface area (Å²) >= 11 is 8.34. The molecule has 3 aromatic rings. The van der Waals surface area contributed by atoms with Crippen molar-refractivity contribution >= 4 is 73.9 Å². The van der Waals surface area contributed by atoms with Crippen molar-refractivity contribution in [2.45, 2.75) is 7.57 Å². The number of fused-ring (bicyclic) bond motifs is 1. The fourth-order valence-corrected chi connectivity index (χ4v) is 5.68. The van der Waals surface area contributed by atoms with Gasteiger partial charge in [0.2, 0.25) is 4.20 Å². The zero-order chi connectivity index (χ0) is 22.8. The highest BCUT2D eigenvalue weighted by atomic mass is 79.9. The highest BCUT2D eigenvalue weighted by molar-refractivity contribution is 9.12. The monoisotopic (exact) mass is 553 g/mol. The maximum Gasteiger partial charge on any atom is 0.287 e. The van der Waals surface area contributed by atoms with Gasteiger partial charge >= 0.3 is 0 Å². The number of alkyl halides is 3. The molecule has 0 aliphatic rings. The molecule has 4 N–H and O–H groups in total. The van der Waals surface area contributed by atoms with E-state index in [1.807, 2.05) is 0 Å². The first kappa shape index (κ1) is 23.6. The molecule has 16 heteroatoms. The third-order valence-corrected chi connectivity index (χ3v) is 6.25. The topological polar surface area (TPSA) is 154 Å². The van der Waals surface area contributed by atoms with Gasteiger partial charge in [-0.1, -0.05) is 11.6 Å². The number of ether oxygens (including phenoxy) is 2. The molecule has 0 fully saturated rings. The highest BCUT2D eigenvalue weighted by Crippen LogP contribution is 2.52. The number of nitrogens with zero attached hydrogens (tertiary/aromatic N) is 4. The largest absolute Gasteiger partial charge is 0.497 e. The normalized spacial score (nSPS) is 15.2. The number of imidazole rings is 1. The zero-order valence-corrected chi connectivity index (χ0v) is 19.7. The summed E-state index contributed by atoms with van der Waals surface area (Å²) in [5, 5.41) is 14.2. The van der Waals surface area contributed by atoms with Gasteiger partial charge in [-0.15, -0.1) is 0 Å². The van der Waals surface area contributed by atoms with Crippen molar-refractivity contribution < 1.29 is 18.2 Å². The number of methoxy groups -OCH3 is 2. The molecule has 1 aromatic carbocycles. The van der Waals surface area contributed by atoms with Crippen LogP contribution in [0, 0.1) is 10.1 Å². The number of rotatable bonds is 9. The second kappa shape index (κ2) is 9.20. The number of hydrogen-bond donors (Lipinski definition) is 3. The summed E-state index contributed by atoms with van der Waals surface area (Å²) < 4.78 is 19.1. The number of aromatic nitrogens is 4. The van der Waals surface area contributed by atoms with Crippen molar-refractivity contribution in [1.29, 1.82) is 0 Å². The predicted molar refractivity (Wildman–Crippen MR) is 121 cm³/mol. The number of benzene rings is 1. The molecule has 0 saturated heterocycles. The predicted octanol–water partition coefficient (Wildman–Crippen LogP) is 4.06. The van der Waals surface area contributed by atoms with Crippen LogP contribution in [0.5, 0.6) is 11.5 Å². The molecule has 0 saturated carbocycles. The Kier molecular flexibility index (Phi) is 7.00. The van der Waals surface area contributed by atoms with Crippen LogP contribution in [0.1, 0.15) is 5.82 Å². The molecule has 11 nitrogen and oxygen atoms in total. The van der Waals surface area contributed by atoms with Crippen molar-refractivity contribution in [2.24, 2.45) is 5.73 Å². The Morgan fingerprint density at radius 3 is 2.74 bits per heavy atom. The number of nitrogens with two attached hydrogens (primary N) is 1. The molecular weight excluding hydrogens is 541 g/mol. The van der Waals surface area contributed by atoms with E-state index in [1.165, 1.54) is 20.5 Å². The molecule has 0 aliphatic carbocycles. The van der Waals surface area contributed by atoms with E-state index in [9.17, 15) is 14.5 Å². The molecule has 2 heterocycles. The van der Waals surface area contributed by atoms with Gasteiger partial charge in [0.15, 0.2) is 17.3 Å². The molecular formula is C15H14BrClFN7O4S2. The van der Waals surface area contributed by atoms with Gasteiger partial charge in [0.05, 0.1) is 26.2 Å². The molecule has 166 valence electrons. The first-order valence-corrected chi connectivity index (χ1v) is 10.9. The van der Waals surface area contributed by atoms with Crippen LogP contribution in [0.2, 0.25) is 0 Å². The first-order chi connectivity index (χ1) is 14.5. The average molecular weight is 555 g/mol. The van der Waals surface area contributed by atoms with Gasteiger partial charge in [0.1, 0.15) is 21.3 Å². The number of thioether (sulfide) groups is 1. The standard InChI is InChI=1S/C15H14BrClFN7O4S2/c1-28-7-3-4-8(9(5-7)29-2)22-12-10-11(21-6-20-10)23-13(24-12)14(19,31-25(26)27)30-15(16,17)18/h3-6H,19H2,1-2H3,(H2,20,21,22,23,24). The molecule has 0 spiro atoms. The molecule has 2 atom stereocenters. The van der Waals surface area contributed by atoms with Crippen molar-refractivity contribution in [1.82, 2.24) is 19.9 Å². The van der Waals surface area contributed by atoms with Crippen LogP contribution in [-0.2, 0) is 4.20 Å². The van der Waals surface area contributed by atoms with Crippen LogP contribution in [-0.4, -0.2) is 41.9 Å². The van der Waals surface area contributed by atoms with Gasteiger partial charge in [0, 0.05) is 6.07 Å². The van der Waals surface area contributed by atoms with Crippen molar-refractivity contribution in [2.75, 3.05) is 19.5 Å². The third-order valence-electron chi connectivity index (χ3n) is 3.74. The summed E-state index contributed by atoms with van der Waals surface area (Å²) in [5.74, 6) is 0.894. The molecule has 31 heavy (non-hydrogen) atoms. The Balaban J connectivity index is 2.11. The van der Waals surface area contributed by atoms with E-state index < -0.39 is 11.9 Å². The maximum absolute atomic E-state index is 14.1. The second-order valence-electron chi connectivity index (χ2n) is 5.72. The Morgan fingerprint density at radius 2 is 2.13 bits per heavy atom. The van der Waals surface area contributed by atoms with Crippen molar-refractivity contribution in [3.63, 3.8) is 0 Å². The van der Waals surface area contributed by atoms with Crippen LogP contribution in [0.4, 0.5) is 15.9 Å². The molecule has 0 amide bonds. The fraction of sp³-hybridized carbons (Fsp3) is 0.267. The van der Waals surface area contributed by atoms with E-state index in [2.05, 4.69) is 41.2 Å². The lowest BCUT2D eigenvalue weighted by molar-refractivity contribution is -0.285. The molecule has 0 radical (unpaired) electrons. The van der Waals surface area contributed by atoms with E-state index in [0.717, 1.165) is 0 Å². The van der Waals surface area contributed by atoms with Crippen LogP contribution < -0.4 is 20.5 Å². The quantitative estimate of drug-likeness (QED) is 0.115. The molecule has 0 bridgehead atoms. The summed E-state index contributed by atoms with van der Waals surface area (Å²) in [6.07, 6.45) is 1.36. The zero-order valence-electron chi connectivity index (χ0n) is 15.8. The summed E-state index contributed by atoms with van der Waals surface area (Å²) in [5.41, 5.74) is 7.15. The number of H-pyrrole nitrogens is 1. The average Bonchev–Trinajstić information content (AvgIpc) is 3.15. The minimum absolute atomic E-state index is 0.00288. The Morgan fingerprint density at radius 1 is 1.39 bits per heavy atom. The van der Waals surface area contributed by atoms with Crippen molar-refractivity contribution in [3.8, 4) is 11.5 Å². The molecule has 2 unspecified atom stereocenters. The third kappa shape index (κ3) is 5.60. The van der Waals surface area contributed by atoms with E-state index in [4.69, 9.17) is 26.8 Å². The van der Waals surface area contributed by atoms with Gasteiger partial charge in [0.25, 0.3) is 15.3 Å². The van der Waals surface area contributed by atoms with Gasteiger partial charge < -0.3 is 19.8 Å². The number of nitro groups is 1. The van der Waals surface area contributed by atoms with Crippen LogP contribution in [0.3, 0.4) is 0 Å². The fourth-order valence-electron chi connectivity index (χ4n) is 2.50. The minimum atomic E-state index is -2.61. The van der Waals surface area contributed by atoms with Gasteiger partial charge in [-0.05, 0) is 39.8 Å². The van der Waals surface area contributed by atoms with Gasteiger partial charge in [-0.2, -0.15) is 0 Å². The Labute approximate surface area is 196 Å². The second-order valence-corrected chi connectivity index (χ2v) is 11.3. The smallest absolute Gasteiger partial charge is 0.287 e. The first-order valence-electron chi connectivity index (χ1n) is 8.14.